The van der Waals surface area contributed by atoms with Crippen molar-refractivity contribution in [2.75, 3.05) is 39.9 Å². The number of benzene rings is 1. The molecule has 31 heavy (non-hydrogen) atoms. The van der Waals surface area contributed by atoms with Gasteiger partial charge in [0.25, 0.3) is 0 Å². The van der Waals surface area contributed by atoms with Crippen LogP contribution in [0.1, 0.15) is 41.0 Å². The third-order valence-corrected chi connectivity index (χ3v) is 6.15. The zero-order valence-corrected chi connectivity index (χ0v) is 19.9. The van der Waals surface area contributed by atoms with Gasteiger partial charge in [-0.2, -0.15) is 5.10 Å². The molecule has 1 saturated heterocycles. The number of aromatic nitrogens is 2. The van der Waals surface area contributed by atoms with E-state index in [-0.39, 0.29) is 12.1 Å². The minimum Gasteiger partial charge on any atom is -0.379 e. The summed E-state index contributed by atoms with van der Waals surface area (Å²) in [4.78, 5) is 6.98. The topological polar surface area (TPSA) is 66.7 Å². The molecule has 2 heterocycles. The van der Waals surface area contributed by atoms with E-state index in [1.807, 2.05) is 18.8 Å². The van der Waals surface area contributed by atoms with Gasteiger partial charge in [-0.3, -0.25) is 14.6 Å². The Labute approximate surface area is 186 Å². The van der Waals surface area contributed by atoms with E-state index in [4.69, 9.17) is 4.74 Å². The van der Waals surface area contributed by atoms with Gasteiger partial charge in [0.05, 0.1) is 24.9 Å². The fraction of sp³-hybridized carbons (Fsp3) is 0.583. The lowest BCUT2D eigenvalue weighted by atomic mass is 10.0. The molecule has 0 saturated carbocycles. The third-order valence-electron chi connectivity index (χ3n) is 6.15. The van der Waals surface area contributed by atoms with Crippen molar-refractivity contribution in [1.82, 2.24) is 25.3 Å². The molecule has 7 nitrogen and oxygen atoms in total. The highest BCUT2D eigenvalue weighted by Gasteiger charge is 2.23. The standard InChI is InChI=1S/C24H38N6O/c1-17-8-7-9-21(14-17)23(30-10-12-31-13-11-30)16-26-24(25-5)27-18(2)15-22-19(3)28-29(6)20(22)4/h7-9,14,18,23H,10-13,15-16H2,1-6H3,(H2,25,26,27). The van der Waals surface area contributed by atoms with Crippen LogP contribution in [-0.4, -0.2) is 66.6 Å². The lowest BCUT2D eigenvalue weighted by Crippen LogP contribution is -2.48. The zero-order valence-electron chi connectivity index (χ0n) is 19.9. The third kappa shape index (κ3) is 6.08. The second-order valence-electron chi connectivity index (χ2n) is 8.55. The second-order valence-corrected chi connectivity index (χ2v) is 8.55. The summed E-state index contributed by atoms with van der Waals surface area (Å²) < 4.78 is 7.54. The van der Waals surface area contributed by atoms with E-state index in [0.717, 1.165) is 50.9 Å². The molecule has 170 valence electrons. The van der Waals surface area contributed by atoms with Gasteiger partial charge in [0, 0.05) is 45.5 Å². The molecule has 1 fully saturated rings. The molecule has 0 spiro atoms. The highest BCUT2D eigenvalue weighted by molar-refractivity contribution is 5.80. The summed E-state index contributed by atoms with van der Waals surface area (Å²) in [6, 6.07) is 9.33. The van der Waals surface area contributed by atoms with Gasteiger partial charge in [0.15, 0.2) is 5.96 Å². The molecule has 2 N–H and O–H groups in total. The number of rotatable bonds is 7. The number of aryl methyl sites for hydroxylation is 3. The molecule has 0 bridgehead atoms. The Morgan fingerprint density at radius 1 is 1.23 bits per heavy atom. The van der Waals surface area contributed by atoms with Crippen LogP contribution in [0.15, 0.2) is 29.3 Å². The lowest BCUT2D eigenvalue weighted by molar-refractivity contribution is 0.0170. The monoisotopic (exact) mass is 426 g/mol. The number of morpholine rings is 1. The summed E-state index contributed by atoms with van der Waals surface area (Å²) in [5.74, 6) is 0.831. The number of aliphatic imine (C=N–C) groups is 1. The zero-order chi connectivity index (χ0) is 22.4. The van der Waals surface area contributed by atoms with Gasteiger partial charge < -0.3 is 15.4 Å². The molecule has 1 aliphatic heterocycles. The molecule has 2 atom stereocenters. The van der Waals surface area contributed by atoms with Crippen molar-refractivity contribution >= 4 is 5.96 Å². The minimum atomic E-state index is 0.244. The van der Waals surface area contributed by atoms with Gasteiger partial charge in [0.2, 0.25) is 0 Å². The van der Waals surface area contributed by atoms with Gasteiger partial charge in [-0.1, -0.05) is 29.8 Å². The number of nitrogens with one attached hydrogen (secondary N) is 2. The molecule has 0 amide bonds. The minimum absolute atomic E-state index is 0.244. The Morgan fingerprint density at radius 2 is 1.97 bits per heavy atom. The number of hydrogen-bond acceptors (Lipinski definition) is 4. The Hall–Kier alpha value is -2.38. The van der Waals surface area contributed by atoms with Gasteiger partial charge in [-0.05, 0) is 45.2 Å². The van der Waals surface area contributed by atoms with Crippen LogP contribution in [0, 0.1) is 20.8 Å². The molecule has 3 rings (SSSR count). The molecular formula is C24H38N6O. The van der Waals surface area contributed by atoms with E-state index in [9.17, 15) is 0 Å². The number of hydrogen-bond donors (Lipinski definition) is 2. The summed E-state index contributed by atoms with van der Waals surface area (Å²) in [6.07, 6.45) is 0.914. The fourth-order valence-electron chi connectivity index (χ4n) is 4.32. The molecular weight excluding hydrogens is 388 g/mol. The second kappa shape index (κ2) is 10.8. The SMILES string of the molecule is CN=C(NCC(c1cccc(C)c1)N1CCOCC1)NC(C)Cc1c(C)nn(C)c1C. The van der Waals surface area contributed by atoms with Crippen molar-refractivity contribution in [2.24, 2.45) is 12.0 Å². The molecule has 0 aliphatic carbocycles. The van der Waals surface area contributed by atoms with Crippen LogP contribution < -0.4 is 10.6 Å². The highest BCUT2D eigenvalue weighted by Crippen LogP contribution is 2.22. The summed E-state index contributed by atoms with van der Waals surface area (Å²) >= 11 is 0. The fourth-order valence-corrected chi connectivity index (χ4v) is 4.32. The van der Waals surface area contributed by atoms with E-state index < -0.39 is 0 Å². The van der Waals surface area contributed by atoms with Crippen LogP contribution >= 0.6 is 0 Å². The van der Waals surface area contributed by atoms with E-state index >= 15 is 0 Å². The molecule has 1 aromatic carbocycles. The first-order valence-corrected chi connectivity index (χ1v) is 11.2. The van der Waals surface area contributed by atoms with Crippen molar-refractivity contribution < 1.29 is 4.74 Å². The van der Waals surface area contributed by atoms with Crippen LogP contribution in [-0.2, 0) is 18.2 Å². The quantitative estimate of drug-likeness (QED) is 0.526. The summed E-state index contributed by atoms with van der Waals surface area (Å²) in [6.45, 7) is 12.8. The molecule has 1 aromatic heterocycles. The van der Waals surface area contributed by atoms with E-state index in [0.29, 0.717) is 0 Å². The molecule has 7 heteroatoms. The van der Waals surface area contributed by atoms with Gasteiger partial charge in [-0.25, -0.2) is 0 Å². The number of guanidine groups is 1. The summed E-state index contributed by atoms with van der Waals surface area (Å²) in [7, 11) is 3.83. The smallest absolute Gasteiger partial charge is 0.191 e. The first-order chi connectivity index (χ1) is 14.9. The Morgan fingerprint density at radius 3 is 2.58 bits per heavy atom. The Balaban J connectivity index is 1.64. The summed E-state index contributed by atoms with van der Waals surface area (Å²) in [5, 5.41) is 11.7. The lowest BCUT2D eigenvalue weighted by Gasteiger charge is -2.35. The van der Waals surface area contributed by atoms with Crippen LogP contribution in [0.4, 0.5) is 0 Å². The molecule has 2 unspecified atom stereocenters. The van der Waals surface area contributed by atoms with Crippen molar-refractivity contribution in [3.63, 3.8) is 0 Å². The first-order valence-electron chi connectivity index (χ1n) is 11.2. The van der Waals surface area contributed by atoms with Gasteiger partial charge in [-0.15, -0.1) is 0 Å². The van der Waals surface area contributed by atoms with Crippen LogP contribution in [0.5, 0.6) is 0 Å². The van der Waals surface area contributed by atoms with Crippen LogP contribution in [0.25, 0.3) is 0 Å². The average molecular weight is 427 g/mol. The summed E-state index contributed by atoms with van der Waals surface area (Å²) in [5.41, 5.74) is 6.25. The molecule has 1 aliphatic rings. The maximum atomic E-state index is 5.58. The maximum absolute atomic E-state index is 5.58. The normalized spacial score (nSPS) is 17.4. The largest absolute Gasteiger partial charge is 0.379 e. The van der Waals surface area contributed by atoms with Crippen molar-refractivity contribution in [2.45, 2.75) is 46.2 Å². The first kappa shape index (κ1) is 23.3. The van der Waals surface area contributed by atoms with E-state index in [1.54, 1.807) is 0 Å². The molecule has 2 aromatic rings. The predicted molar refractivity (Wildman–Crippen MR) is 127 cm³/mol. The Bertz CT molecular complexity index is 884. The number of ether oxygens (including phenoxy) is 1. The van der Waals surface area contributed by atoms with Crippen LogP contribution in [0.3, 0.4) is 0 Å². The average Bonchev–Trinajstić information content (AvgIpc) is 2.99. The van der Waals surface area contributed by atoms with Crippen molar-refractivity contribution in [1.29, 1.82) is 0 Å². The maximum Gasteiger partial charge on any atom is 0.191 e. The molecule has 0 radical (unpaired) electrons. The van der Waals surface area contributed by atoms with Gasteiger partial charge in [0.1, 0.15) is 0 Å². The van der Waals surface area contributed by atoms with Gasteiger partial charge >= 0.3 is 0 Å². The highest BCUT2D eigenvalue weighted by atomic mass is 16.5. The van der Waals surface area contributed by atoms with Crippen molar-refractivity contribution in [3.05, 3.63) is 52.3 Å². The number of nitrogens with zero attached hydrogens (tertiary/aromatic N) is 4. The Kier molecular flexibility index (Phi) is 8.09. The van der Waals surface area contributed by atoms with Crippen molar-refractivity contribution in [3.8, 4) is 0 Å². The van der Waals surface area contributed by atoms with E-state index in [1.165, 1.54) is 22.4 Å². The van der Waals surface area contributed by atoms with E-state index in [2.05, 4.69) is 77.6 Å². The van der Waals surface area contributed by atoms with Crippen LogP contribution in [0.2, 0.25) is 0 Å². The predicted octanol–water partition coefficient (Wildman–Crippen LogP) is 2.51.